The van der Waals surface area contributed by atoms with Crippen LogP contribution in [0.25, 0.3) is 10.9 Å². The summed E-state index contributed by atoms with van der Waals surface area (Å²) < 4.78 is 0. The zero-order valence-electron chi connectivity index (χ0n) is 22.7. The zero-order valence-corrected chi connectivity index (χ0v) is 22.7. The van der Waals surface area contributed by atoms with Crippen LogP contribution in [-0.2, 0) is 30.4 Å². The molecule has 214 valence electrons. The SMILES string of the molecule is CC(C)CC(NC(=O)C(CCC(=O)O)NC(=O)C(Cc1c[nH]c2ccccc12)NC(=O)C(N)C(C)C)C(=O)O. The van der Waals surface area contributed by atoms with Gasteiger partial charge in [-0.05, 0) is 36.3 Å². The van der Waals surface area contributed by atoms with Gasteiger partial charge in [-0.1, -0.05) is 45.9 Å². The molecule has 4 unspecified atom stereocenters. The number of aromatic nitrogens is 1. The van der Waals surface area contributed by atoms with Gasteiger partial charge in [0.05, 0.1) is 6.04 Å². The Morgan fingerprint density at radius 3 is 2.05 bits per heavy atom. The molecule has 12 heteroatoms. The van der Waals surface area contributed by atoms with E-state index in [2.05, 4.69) is 20.9 Å². The third-order valence-electron chi connectivity index (χ3n) is 6.35. The second kappa shape index (κ2) is 14.3. The van der Waals surface area contributed by atoms with Crippen molar-refractivity contribution in [2.75, 3.05) is 0 Å². The highest BCUT2D eigenvalue weighted by atomic mass is 16.4. The molecule has 0 aliphatic carbocycles. The van der Waals surface area contributed by atoms with Gasteiger partial charge in [0, 0.05) is 29.9 Å². The first kappa shape index (κ1) is 31.3. The van der Waals surface area contributed by atoms with Crippen molar-refractivity contribution >= 4 is 40.6 Å². The van der Waals surface area contributed by atoms with Crippen molar-refractivity contribution in [1.29, 1.82) is 0 Å². The molecule has 0 bridgehead atoms. The number of carbonyl (C=O) groups excluding carboxylic acids is 3. The summed E-state index contributed by atoms with van der Waals surface area (Å²) in [4.78, 5) is 65.3. The predicted octanol–water partition coefficient (Wildman–Crippen LogP) is 1.14. The topological polar surface area (TPSA) is 204 Å². The molecule has 8 N–H and O–H groups in total. The lowest BCUT2D eigenvalue weighted by atomic mass is 10.0. The number of aromatic amines is 1. The van der Waals surface area contributed by atoms with E-state index >= 15 is 0 Å². The summed E-state index contributed by atoms with van der Waals surface area (Å²) in [7, 11) is 0. The standard InChI is InChI=1S/C27H39N5O7/c1-14(2)11-21(27(38)39)32-24(35)19(9-10-22(33)34)30-25(36)20(31-26(37)23(28)15(3)4)12-16-13-29-18-8-6-5-7-17(16)18/h5-8,13-15,19-21,23,29H,9-12,28H2,1-4H3,(H,30,36)(H,31,37)(H,32,35)(H,33,34)(H,38,39). The fourth-order valence-electron chi connectivity index (χ4n) is 4.07. The van der Waals surface area contributed by atoms with Crippen molar-refractivity contribution in [3.8, 4) is 0 Å². The fraction of sp³-hybridized carbons (Fsp3) is 0.519. The number of fused-ring (bicyclic) bond motifs is 1. The first-order valence-electron chi connectivity index (χ1n) is 13.0. The predicted molar refractivity (Wildman–Crippen MR) is 145 cm³/mol. The van der Waals surface area contributed by atoms with Gasteiger partial charge in [0.2, 0.25) is 17.7 Å². The van der Waals surface area contributed by atoms with Crippen LogP contribution in [0.4, 0.5) is 0 Å². The summed E-state index contributed by atoms with van der Waals surface area (Å²) >= 11 is 0. The summed E-state index contributed by atoms with van der Waals surface area (Å²) in [5.41, 5.74) is 7.56. The Kier molecular flexibility index (Phi) is 11.5. The van der Waals surface area contributed by atoms with E-state index in [0.29, 0.717) is 0 Å². The van der Waals surface area contributed by atoms with Crippen molar-refractivity contribution in [1.82, 2.24) is 20.9 Å². The van der Waals surface area contributed by atoms with Crippen LogP contribution in [0.15, 0.2) is 30.5 Å². The van der Waals surface area contributed by atoms with Crippen LogP contribution in [0, 0.1) is 11.8 Å². The van der Waals surface area contributed by atoms with Gasteiger partial charge in [0.1, 0.15) is 18.1 Å². The highest BCUT2D eigenvalue weighted by Gasteiger charge is 2.31. The third-order valence-corrected chi connectivity index (χ3v) is 6.35. The van der Waals surface area contributed by atoms with Crippen LogP contribution in [0.2, 0.25) is 0 Å². The maximum Gasteiger partial charge on any atom is 0.326 e. The lowest BCUT2D eigenvalue weighted by Gasteiger charge is -2.26. The molecule has 0 fully saturated rings. The summed E-state index contributed by atoms with van der Waals surface area (Å²) in [5, 5.41) is 27.1. The number of aliphatic carboxylic acids is 2. The number of para-hydroxylation sites is 1. The van der Waals surface area contributed by atoms with E-state index in [9.17, 15) is 29.1 Å². The van der Waals surface area contributed by atoms with Crippen molar-refractivity contribution in [3.63, 3.8) is 0 Å². The van der Waals surface area contributed by atoms with Crippen molar-refractivity contribution < 1.29 is 34.2 Å². The van der Waals surface area contributed by atoms with E-state index < -0.39 is 60.2 Å². The molecule has 0 spiro atoms. The summed E-state index contributed by atoms with van der Waals surface area (Å²) in [6.07, 6.45) is 1.20. The van der Waals surface area contributed by atoms with Gasteiger partial charge in [0.15, 0.2) is 0 Å². The maximum absolute atomic E-state index is 13.5. The van der Waals surface area contributed by atoms with E-state index in [1.54, 1.807) is 33.9 Å². The van der Waals surface area contributed by atoms with Crippen LogP contribution >= 0.6 is 0 Å². The van der Waals surface area contributed by atoms with Crippen LogP contribution in [0.5, 0.6) is 0 Å². The zero-order chi connectivity index (χ0) is 29.3. The fourth-order valence-corrected chi connectivity index (χ4v) is 4.07. The lowest BCUT2D eigenvalue weighted by molar-refractivity contribution is -0.143. The normalized spacial score (nSPS) is 14.4. The molecule has 0 saturated heterocycles. The van der Waals surface area contributed by atoms with Gasteiger partial charge < -0.3 is 36.9 Å². The molecule has 4 atom stereocenters. The molecule has 1 heterocycles. The highest BCUT2D eigenvalue weighted by Crippen LogP contribution is 2.19. The minimum Gasteiger partial charge on any atom is -0.481 e. The van der Waals surface area contributed by atoms with Gasteiger partial charge in [-0.3, -0.25) is 19.2 Å². The molecule has 2 rings (SSSR count). The van der Waals surface area contributed by atoms with Crippen molar-refractivity contribution in [2.45, 2.75) is 77.5 Å². The quantitative estimate of drug-likeness (QED) is 0.172. The first-order valence-corrected chi connectivity index (χ1v) is 13.0. The largest absolute Gasteiger partial charge is 0.481 e. The lowest BCUT2D eigenvalue weighted by Crippen LogP contribution is -2.58. The minimum atomic E-state index is -1.34. The van der Waals surface area contributed by atoms with Gasteiger partial charge in [-0.25, -0.2) is 4.79 Å². The molecular weight excluding hydrogens is 506 g/mol. The van der Waals surface area contributed by atoms with Gasteiger partial charge in [0.25, 0.3) is 0 Å². The van der Waals surface area contributed by atoms with Crippen molar-refractivity contribution in [3.05, 3.63) is 36.0 Å². The van der Waals surface area contributed by atoms with Crippen LogP contribution < -0.4 is 21.7 Å². The number of benzene rings is 1. The van der Waals surface area contributed by atoms with Gasteiger partial charge in [-0.2, -0.15) is 0 Å². The molecule has 0 aliphatic heterocycles. The van der Waals surface area contributed by atoms with Gasteiger partial charge in [-0.15, -0.1) is 0 Å². The summed E-state index contributed by atoms with van der Waals surface area (Å²) in [6, 6.07) is 2.83. The molecule has 12 nitrogen and oxygen atoms in total. The average molecular weight is 546 g/mol. The Bertz CT molecular complexity index is 1180. The van der Waals surface area contributed by atoms with E-state index in [1.807, 2.05) is 24.3 Å². The van der Waals surface area contributed by atoms with E-state index in [0.717, 1.165) is 16.5 Å². The number of rotatable bonds is 15. The molecule has 3 amide bonds. The van der Waals surface area contributed by atoms with E-state index in [-0.39, 0.29) is 31.1 Å². The summed E-state index contributed by atoms with van der Waals surface area (Å²) in [5.74, 6) is -4.79. The van der Waals surface area contributed by atoms with Crippen LogP contribution in [-0.4, -0.2) is 69.0 Å². The number of nitrogens with two attached hydrogens (primary N) is 1. The molecule has 1 aromatic carbocycles. The first-order chi connectivity index (χ1) is 18.3. The van der Waals surface area contributed by atoms with Crippen molar-refractivity contribution in [2.24, 2.45) is 17.6 Å². The monoisotopic (exact) mass is 545 g/mol. The Morgan fingerprint density at radius 2 is 1.46 bits per heavy atom. The number of carbonyl (C=O) groups is 5. The number of hydrogen-bond acceptors (Lipinski definition) is 6. The van der Waals surface area contributed by atoms with Gasteiger partial charge >= 0.3 is 11.9 Å². The molecule has 0 aliphatic rings. The van der Waals surface area contributed by atoms with E-state index in [4.69, 9.17) is 10.8 Å². The minimum absolute atomic E-state index is 0.0422. The number of amides is 3. The smallest absolute Gasteiger partial charge is 0.326 e. The molecule has 0 radical (unpaired) electrons. The molecular formula is C27H39N5O7. The van der Waals surface area contributed by atoms with Crippen LogP contribution in [0.3, 0.4) is 0 Å². The number of carboxylic acids is 2. The van der Waals surface area contributed by atoms with Crippen LogP contribution in [0.1, 0.15) is 52.5 Å². The third kappa shape index (κ3) is 9.40. The maximum atomic E-state index is 13.5. The highest BCUT2D eigenvalue weighted by molar-refractivity contribution is 5.95. The number of hydrogen-bond donors (Lipinski definition) is 7. The Labute approximate surface area is 227 Å². The number of nitrogens with one attached hydrogen (secondary N) is 4. The number of carboxylic acid groups (broad SMARTS) is 2. The molecule has 39 heavy (non-hydrogen) atoms. The molecule has 0 saturated carbocycles. The molecule has 1 aromatic heterocycles. The second-order valence-electron chi connectivity index (χ2n) is 10.4. The summed E-state index contributed by atoms with van der Waals surface area (Å²) in [6.45, 7) is 7.12. The van der Waals surface area contributed by atoms with E-state index in [1.165, 1.54) is 0 Å². The Balaban J connectivity index is 2.32. The molecule has 2 aromatic rings. The average Bonchev–Trinajstić information content (AvgIpc) is 3.27. The number of H-pyrrole nitrogens is 1. The second-order valence-corrected chi connectivity index (χ2v) is 10.4. The Morgan fingerprint density at radius 1 is 0.872 bits per heavy atom. The Hall–Kier alpha value is -3.93.